The lowest BCUT2D eigenvalue weighted by atomic mass is 10.0. The Kier molecular flexibility index (Phi) is 54.3. The van der Waals surface area contributed by atoms with Gasteiger partial charge in [0.05, 0.1) is 0 Å². The SMILES string of the molecule is CC/C=C\C/C=C\C/C=C\CCCCCCCC(=O)OC(COC(=O)CCCCCCC/C=C\CCC)COC(=O)CCCCCCCCCCCCCCC/C=C\CCCCCCCCCC. The van der Waals surface area contributed by atoms with Gasteiger partial charge in [0.15, 0.2) is 6.10 Å². The van der Waals surface area contributed by atoms with Crippen molar-refractivity contribution < 1.29 is 28.6 Å². The van der Waals surface area contributed by atoms with E-state index < -0.39 is 6.10 Å². The van der Waals surface area contributed by atoms with Crippen LogP contribution in [0, 0.1) is 0 Å². The maximum absolute atomic E-state index is 12.8. The summed E-state index contributed by atoms with van der Waals surface area (Å²) in [6.45, 7) is 6.47. The van der Waals surface area contributed by atoms with Gasteiger partial charge in [0.2, 0.25) is 0 Å². The molecule has 0 radical (unpaired) electrons. The number of esters is 3. The van der Waals surface area contributed by atoms with Gasteiger partial charge in [-0.05, 0) is 96.3 Å². The molecular weight excluding hydrogens is 841 g/mol. The number of carbonyl (C=O) groups excluding carboxylic acids is 3. The van der Waals surface area contributed by atoms with Gasteiger partial charge in [-0.3, -0.25) is 14.4 Å². The van der Waals surface area contributed by atoms with Crippen LogP contribution < -0.4 is 0 Å². The van der Waals surface area contributed by atoms with E-state index in [9.17, 15) is 14.4 Å². The van der Waals surface area contributed by atoms with E-state index in [1.807, 2.05) is 0 Å². The van der Waals surface area contributed by atoms with Gasteiger partial charge in [-0.25, -0.2) is 0 Å². The van der Waals surface area contributed by atoms with Crippen LogP contribution in [0.15, 0.2) is 60.8 Å². The van der Waals surface area contributed by atoms with Gasteiger partial charge in [-0.15, -0.1) is 0 Å². The lowest BCUT2D eigenvalue weighted by Crippen LogP contribution is -2.30. The molecule has 1 atom stereocenters. The molecule has 1 unspecified atom stereocenters. The van der Waals surface area contributed by atoms with Gasteiger partial charge in [0.1, 0.15) is 13.2 Å². The molecule has 0 N–H and O–H groups in total. The van der Waals surface area contributed by atoms with Crippen LogP contribution in [0.1, 0.15) is 297 Å². The van der Waals surface area contributed by atoms with Crippen LogP contribution >= 0.6 is 0 Å². The maximum Gasteiger partial charge on any atom is 0.306 e. The summed E-state index contributed by atoms with van der Waals surface area (Å²) in [4.78, 5) is 38.0. The van der Waals surface area contributed by atoms with E-state index >= 15 is 0 Å². The Balaban J connectivity index is 4.21. The molecule has 0 heterocycles. The fourth-order valence-corrected chi connectivity index (χ4v) is 8.34. The molecule has 0 rings (SSSR count). The second-order valence-corrected chi connectivity index (χ2v) is 19.5. The summed E-state index contributed by atoms with van der Waals surface area (Å²) in [6, 6.07) is 0. The van der Waals surface area contributed by atoms with Crippen molar-refractivity contribution in [2.24, 2.45) is 0 Å². The van der Waals surface area contributed by atoms with E-state index in [0.29, 0.717) is 19.3 Å². The summed E-state index contributed by atoms with van der Waals surface area (Å²) in [5.41, 5.74) is 0. The first-order chi connectivity index (χ1) is 33.5. The second kappa shape index (κ2) is 56.7. The normalized spacial score (nSPS) is 12.5. The van der Waals surface area contributed by atoms with Gasteiger partial charge in [-0.2, -0.15) is 0 Å². The largest absolute Gasteiger partial charge is 0.462 e. The van der Waals surface area contributed by atoms with Crippen LogP contribution in [0.3, 0.4) is 0 Å². The number of hydrogen-bond donors (Lipinski definition) is 0. The van der Waals surface area contributed by atoms with Crippen molar-refractivity contribution in [2.45, 2.75) is 303 Å². The van der Waals surface area contributed by atoms with Gasteiger partial charge >= 0.3 is 17.9 Å². The van der Waals surface area contributed by atoms with Crippen molar-refractivity contribution in [2.75, 3.05) is 13.2 Å². The second-order valence-electron chi connectivity index (χ2n) is 19.5. The Morgan fingerprint density at radius 3 is 0.971 bits per heavy atom. The minimum atomic E-state index is -0.785. The molecule has 68 heavy (non-hydrogen) atoms. The zero-order chi connectivity index (χ0) is 49.3. The molecule has 0 aromatic heterocycles. The predicted octanol–water partition coefficient (Wildman–Crippen LogP) is 19.6. The number of ether oxygens (including phenoxy) is 3. The van der Waals surface area contributed by atoms with Crippen LogP contribution in [-0.4, -0.2) is 37.2 Å². The fraction of sp³-hybridized carbons (Fsp3) is 0.790. The summed E-state index contributed by atoms with van der Waals surface area (Å²) in [6.07, 6.45) is 70.9. The molecule has 6 nitrogen and oxygen atoms in total. The van der Waals surface area contributed by atoms with E-state index in [2.05, 4.69) is 81.5 Å². The molecule has 0 saturated heterocycles. The van der Waals surface area contributed by atoms with Crippen LogP contribution in [0.4, 0.5) is 0 Å². The van der Waals surface area contributed by atoms with Crippen molar-refractivity contribution >= 4 is 17.9 Å². The van der Waals surface area contributed by atoms with E-state index in [1.165, 1.54) is 148 Å². The molecule has 0 fully saturated rings. The Morgan fingerprint density at radius 2 is 0.603 bits per heavy atom. The molecule has 0 aliphatic carbocycles. The lowest BCUT2D eigenvalue weighted by molar-refractivity contribution is -0.167. The molecule has 0 aliphatic heterocycles. The van der Waals surface area contributed by atoms with Crippen molar-refractivity contribution in [3.05, 3.63) is 60.8 Å². The first-order valence-electron chi connectivity index (χ1n) is 29.3. The highest BCUT2D eigenvalue weighted by atomic mass is 16.6. The molecule has 6 heteroatoms. The minimum absolute atomic E-state index is 0.0828. The first-order valence-corrected chi connectivity index (χ1v) is 29.3. The van der Waals surface area contributed by atoms with Crippen LogP contribution in [0.2, 0.25) is 0 Å². The van der Waals surface area contributed by atoms with Gasteiger partial charge in [-0.1, -0.05) is 242 Å². The van der Waals surface area contributed by atoms with E-state index in [-0.39, 0.29) is 31.1 Å². The van der Waals surface area contributed by atoms with Gasteiger partial charge < -0.3 is 14.2 Å². The molecule has 0 aliphatic rings. The minimum Gasteiger partial charge on any atom is -0.462 e. The number of hydrogen-bond acceptors (Lipinski definition) is 6. The summed E-state index contributed by atoms with van der Waals surface area (Å²) >= 11 is 0. The highest BCUT2D eigenvalue weighted by Crippen LogP contribution is 2.16. The van der Waals surface area contributed by atoms with Crippen molar-refractivity contribution in [1.82, 2.24) is 0 Å². The van der Waals surface area contributed by atoms with Crippen LogP contribution in [-0.2, 0) is 28.6 Å². The molecule has 394 valence electrons. The molecule has 0 saturated carbocycles. The summed E-state index contributed by atoms with van der Waals surface area (Å²) in [5, 5.41) is 0. The molecule has 0 bridgehead atoms. The van der Waals surface area contributed by atoms with E-state index in [0.717, 1.165) is 109 Å². The molecule has 0 aromatic carbocycles. The molecule has 0 amide bonds. The average Bonchev–Trinajstić information content (AvgIpc) is 3.34. The summed E-state index contributed by atoms with van der Waals surface area (Å²) < 4.78 is 16.8. The van der Waals surface area contributed by atoms with Crippen LogP contribution in [0.25, 0.3) is 0 Å². The molecule has 0 spiro atoms. The third-order valence-corrected chi connectivity index (χ3v) is 12.7. The topological polar surface area (TPSA) is 78.9 Å². The lowest BCUT2D eigenvalue weighted by Gasteiger charge is -2.18. The van der Waals surface area contributed by atoms with Gasteiger partial charge in [0.25, 0.3) is 0 Å². The summed E-state index contributed by atoms with van der Waals surface area (Å²) in [5.74, 6) is -0.903. The third-order valence-electron chi connectivity index (χ3n) is 12.7. The number of allylic oxidation sites excluding steroid dienone is 10. The Labute approximate surface area is 421 Å². The predicted molar refractivity (Wildman–Crippen MR) is 293 cm³/mol. The quantitative estimate of drug-likeness (QED) is 0.0262. The van der Waals surface area contributed by atoms with E-state index in [1.54, 1.807) is 0 Å². The monoisotopic (exact) mass is 951 g/mol. The summed E-state index contributed by atoms with van der Waals surface area (Å²) in [7, 11) is 0. The Morgan fingerprint density at radius 1 is 0.309 bits per heavy atom. The number of unbranched alkanes of at least 4 members (excludes halogenated alkanes) is 32. The standard InChI is InChI=1S/C62H110O6/c1-4-7-10-13-16-19-22-24-26-27-28-29-30-31-32-33-34-35-37-38-40-43-46-49-52-55-61(64)67-58-59(57-66-60(63)54-51-48-45-42-21-18-15-12-9-6-3)68-62(65)56-53-50-47-44-41-39-36-25-23-20-17-14-11-8-5-2/h8,11-12,15,17,20,25,27-28,36,59H,4-7,9-10,13-14,16,18-19,21-24,26,29-35,37-58H2,1-3H3/b11-8-,15-12-,20-17-,28-27-,36-25-. The van der Waals surface area contributed by atoms with Gasteiger partial charge in [0, 0.05) is 19.3 Å². The van der Waals surface area contributed by atoms with E-state index in [4.69, 9.17) is 14.2 Å². The highest BCUT2D eigenvalue weighted by Gasteiger charge is 2.19. The van der Waals surface area contributed by atoms with Crippen molar-refractivity contribution in [3.63, 3.8) is 0 Å². The average molecular weight is 952 g/mol. The zero-order valence-corrected chi connectivity index (χ0v) is 45.1. The molecular formula is C62H110O6. The Bertz CT molecular complexity index is 1230. The highest BCUT2D eigenvalue weighted by molar-refractivity contribution is 5.71. The number of carbonyl (C=O) groups is 3. The first kappa shape index (κ1) is 65.1. The van der Waals surface area contributed by atoms with Crippen molar-refractivity contribution in [3.8, 4) is 0 Å². The fourth-order valence-electron chi connectivity index (χ4n) is 8.34. The van der Waals surface area contributed by atoms with Crippen molar-refractivity contribution in [1.29, 1.82) is 0 Å². The van der Waals surface area contributed by atoms with Crippen LogP contribution in [0.5, 0.6) is 0 Å². The maximum atomic E-state index is 12.8. The zero-order valence-electron chi connectivity index (χ0n) is 45.1. The Hall–Kier alpha value is -2.89. The molecule has 0 aromatic rings. The smallest absolute Gasteiger partial charge is 0.306 e. The number of rotatable bonds is 53. The third kappa shape index (κ3) is 54.1.